The van der Waals surface area contributed by atoms with Crippen molar-refractivity contribution in [1.29, 1.82) is 0 Å². The first-order valence-electron chi connectivity index (χ1n) is 17.4. The molecule has 1 aliphatic heterocycles. The van der Waals surface area contributed by atoms with Crippen LogP contribution in [0.4, 0.5) is 5.69 Å². The zero-order valence-corrected chi connectivity index (χ0v) is 29.1. The molecule has 1 saturated heterocycles. The number of carbonyl (C=O) groups is 2. The lowest BCUT2D eigenvalue weighted by Gasteiger charge is -2.40. The molecule has 0 N–H and O–H groups in total. The van der Waals surface area contributed by atoms with Gasteiger partial charge in [0.05, 0.1) is 14.2 Å². The molecule has 1 heterocycles. The van der Waals surface area contributed by atoms with E-state index in [0.29, 0.717) is 39.1 Å². The van der Waals surface area contributed by atoms with Gasteiger partial charge < -0.3 is 24.2 Å². The number of aryl methyl sites for hydroxylation is 1. The van der Waals surface area contributed by atoms with Gasteiger partial charge in [0.2, 0.25) is 11.8 Å². The molecule has 0 saturated carbocycles. The fraction of sp³-hybridized carbons (Fsp3) is 0.333. The highest BCUT2D eigenvalue weighted by molar-refractivity contribution is 5.96. The van der Waals surface area contributed by atoms with Crippen LogP contribution in [0.1, 0.15) is 48.4 Å². The fourth-order valence-corrected chi connectivity index (χ4v) is 6.28. The van der Waals surface area contributed by atoms with Crippen LogP contribution < -0.4 is 14.4 Å². The molecule has 7 nitrogen and oxygen atoms in total. The van der Waals surface area contributed by atoms with Crippen molar-refractivity contribution in [2.75, 3.05) is 45.3 Å². The van der Waals surface area contributed by atoms with Gasteiger partial charge in [0, 0.05) is 57.0 Å². The van der Waals surface area contributed by atoms with Crippen LogP contribution in [0.5, 0.6) is 11.5 Å². The van der Waals surface area contributed by atoms with E-state index in [2.05, 4.69) is 42.2 Å². The van der Waals surface area contributed by atoms with Gasteiger partial charge >= 0.3 is 0 Å². The Morgan fingerprint density at radius 1 is 0.755 bits per heavy atom. The summed E-state index contributed by atoms with van der Waals surface area (Å²) in [6, 6.07) is 33.4. The van der Waals surface area contributed by atoms with Crippen molar-refractivity contribution in [2.24, 2.45) is 0 Å². The highest BCUT2D eigenvalue weighted by atomic mass is 16.5. The van der Waals surface area contributed by atoms with Gasteiger partial charge in [0.15, 0.2) is 0 Å². The Balaban J connectivity index is 1.41. The van der Waals surface area contributed by atoms with Crippen LogP contribution in [-0.4, -0.2) is 68.1 Å². The van der Waals surface area contributed by atoms with E-state index >= 15 is 0 Å². The smallest absolute Gasteiger partial charge is 0.247 e. The maximum absolute atomic E-state index is 14.6. The largest absolute Gasteiger partial charge is 0.497 e. The molecule has 4 aromatic carbocycles. The summed E-state index contributed by atoms with van der Waals surface area (Å²) in [6.07, 6.45) is 8.42. The zero-order valence-electron chi connectivity index (χ0n) is 29.1. The minimum absolute atomic E-state index is 0.0310. The fourth-order valence-electron chi connectivity index (χ4n) is 6.28. The van der Waals surface area contributed by atoms with Crippen LogP contribution in [0.15, 0.2) is 109 Å². The van der Waals surface area contributed by atoms with Crippen LogP contribution in [0, 0.1) is 0 Å². The number of hydrogen-bond donors (Lipinski definition) is 0. The summed E-state index contributed by atoms with van der Waals surface area (Å²) in [4.78, 5) is 34.8. The van der Waals surface area contributed by atoms with Gasteiger partial charge in [-0.15, -0.1) is 0 Å². The third-order valence-corrected chi connectivity index (χ3v) is 9.21. The Kier molecular flexibility index (Phi) is 12.9. The molecule has 1 fully saturated rings. The maximum Gasteiger partial charge on any atom is 0.247 e. The van der Waals surface area contributed by atoms with Gasteiger partial charge in [-0.1, -0.05) is 92.6 Å². The number of anilines is 1. The Hall–Kier alpha value is -5.04. The predicted octanol–water partition coefficient (Wildman–Crippen LogP) is 7.44. The predicted molar refractivity (Wildman–Crippen MR) is 198 cm³/mol. The number of unbranched alkanes of at least 4 members (excludes halogenated alkanes) is 2. The summed E-state index contributed by atoms with van der Waals surface area (Å²) in [5.74, 6) is 1.33. The van der Waals surface area contributed by atoms with E-state index in [1.165, 1.54) is 18.4 Å². The van der Waals surface area contributed by atoms with E-state index in [1.807, 2.05) is 83.8 Å². The van der Waals surface area contributed by atoms with Crippen molar-refractivity contribution in [3.63, 3.8) is 0 Å². The Labute approximate surface area is 291 Å². The molecule has 1 aliphatic rings. The lowest BCUT2D eigenvalue weighted by Crippen LogP contribution is -2.56. The minimum atomic E-state index is -0.678. The Morgan fingerprint density at radius 3 is 2.12 bits per heavy atom. The number of methoxy groups -OCH3 is 2. The number of nitrogens with zero attached hydrogens (tertiary/aromatic N) is 3. The highest BCUT2D eigenvalue weighted by Crippen LogP contribution is 2.24. The minimum Gasteiger partial charge on any atom is -0.497 e. The summed E-state index contributed by atoms with van der Waals surface area (Å²) in [5.41, 5.74) is 5.26. The van der Waals surface area contributed by atoms with Gasteiger partial charge in [-0.05, 0) is 65.4 Å². The Bertz CT molecular complexity index is 1650. The SMILES string of the molecule is CCCCCc1ccc(CN(C(=O)/C=C/c2ccc(OC)cc2)[C@@H](Cc2ccccc2)C(=O)N2CCN(c3cccc(OC)c3)CC2)cc1. The average molecular weight is 660 g/mol. The number of amides is 2. The zero-order chi connectivity index (χ0) is 34.4. The van der Waals surface area contributed by atoms with Gasteiger partial charge in [0.1, 0.15) is 17.5 Å². The summed E-state index contributed by atoms with van der Waals surface area (Å²) in [7, 11) is 3.30. The molecule has 2 amide bonds. The van der Waals surface area contributed by atoms with Crippen molar-refractivity contribution in [1.82, 2.24) is 9.80 Å². The molecule has 7 heteroatoms. The van der Waals surface area contributed by atoms with Crippen LogP contribution in [-0.2, 0) is 29.0 Å². The first-order chi connectivity index (χ1) is 24.0. The number of piperazine rings is 1. The molecule has 0 radical (unpaired) electrons. The first-order valence-corrected chi connectivity index (χ1v) is 17.4. The molecule has 1 atom stereocenters. The average Bonchev–Trinajstić information content (AvgIpc) is 3.16. The van der Waals surface area contributed by atoms with Gasteiger partial charge in [-0.3, -0.25) is 9.59 Å². The van der Waals surface area contributed by atoms with Crippen LogP contribution in [0.25, 0.3) is 6.08 Å². The van der Waals surface area contributed by atoms with E-state index in [9.17, 15) is 9.59 Å². The van der Waals surface area contributed by atoms with E-state index in [-0.39, 0.29) is 11.8 Å². The van der Waals surface area contributed by atoms with E-state index in [0.717, 1.165) is 46.7 Å². The molecular weight excluding hydrogens is 610 g/mol. The number of rotatable bonds is 15. The van der Waals surface area contributed by atoms with Gasteiger partial charge in [-0.25, -0.2) is 0 Å². The molecular formula is C42H49N3O4. The molecule has 0 unspecified atom stereocenters. The third kappa shape index (κ3) is 9.99. The molecule has 5 rings (SSSR count). The monoisotopic (exact) mass is 659 g/mol. The lowest BCUT2D eigenvalue weighted by atomic mass is 10.0. The van der Waals surface area contributed by atoms with Crippen molar-refractivity contribution in [3.05, 3.63) is 131 Å². The Morgan fingerprint density at radius 2 is 1.45 bits per heavy atom. The summed E-state index contributed by atoms with van der Waals surface area (Å²) < 4.78 is 10.7. The molecule has 4 aromatic rings. The van der Waals surface area contributed by atoms with Gasteiger partial charge in [0.25, 0.3) is 0 Å². The lowest BCUT2D eigenvalue weighted by molar-refractivity contribution is -0.144. The van der Waals surface area contributed by atoms with Crippen molar-refractivity contribution in [3.8, 4) is 11.5 Å². The second-order valence-corrected chi connectivity index (χ2v) is 12.6. The number of ether oxygens (including phenoxy) is 2. The van der Waals surface area contributed by atoms with E-state index in [4.69, 9.17) is 9.47 Å². The second kappa shape index (κ2) is 17.9. The molecule has 0 spiro atoms. The summed E-state index contributed by atoms with van der Waals surface area (Å²) in [5, 5.41) is 0. The number of hydrogen-bond acceptors (Lipinski definition) is 5. The maximum atomic E-state index is 14.6. The normalized spacial score (nSPS) is 13.7. The van der Waals surface area contributed by atoms with Crippen LogP contribution >= 0.6 is 0 Å². The van der Waals surface area contributed by atoms with Gasteiger partial charge in [-0.2, -0.15) is 0 Å². The van der Waals surface area contributed by atoms with E-state index < -0.39 is 6.04 Å². The van der Waals surface area contributed by atoms with Crippen molar-refractivity contribution >= 4 is 23.6 Å². The van der Waals surface area contributed by atoms with Crippen LogP contribution in [0.3, 0.4) is 0 Å². The van der Waals surface area contributed by atoms with E-state index in [1.54, 1.807) is 25.2 Å². The third-order valence-electron chi connectivity index (χ3n) is 9.21. The molecule has 0 aromatic heterocycles. The standard InChI is InChI=1S/C42H49N3O4/c1-4-5-7-11-33-16-18-36(19-17-33)32-45(41(46)25-22-34-20-23-38(48-2)24-21-34)40(30-35-12-8-6-9-13-35)42(47)44-28-26-43(27-29-44)37-14-10-15-39(31-37)49-3/h6,8-10,12-25,31,40H,4-5,7,11,26-30,32H2,1-3H3/b25-22+/t40-/m0/s1. The van der Waals surface area contributed by atoms with Crippen molar-refractivity contribution in [2.45, 2.75) is 51.6 Å². The summed E-state index contributed by atoms with van der Waals surface area (Å²) in [6.45, 7) is 5.07. The molecule has 256 valence electrons. The molecule has 0 aliphatic carbocycles. The second-order valence-electron chi connectivity index (χ2n) is 12.6. The number of benzene rings is 4. The molecule has 0 bridgehead atoms. The topological polar surface area (TPSA) is 62.3 Å². The highest BCUT2D eigenvalue weighted by Gasteiger charge is 2.34. The molecule has 49 heavy (non-hydrogen) atoms. The number of carbonyl (C=O) groups excluding carboxylic acids is 2. The van der Waals surface area contributed by atoms with Crippen molar-refractivity contribution < 1.29 is 19.1 Å². The first kappa shape index (κ1) is 35.3. The summed E-state index contributed by atoms with van der Waals surface area (Å²) >= 11 is 0. The quantitative estimate of drug-likeness (QED) is 0.0981. The van der Waals surface area contributed by atoms with Crippen LogP contribution in [0.2, 0.25) is 0 Å².